The highest BCUT2D eigenvalue weighted by atomic mass is 16.5. The number of ether oxygens (including phenoxy) is 1. The number of likely N-dealkylation sites (tertiary alicyclic amines) is 1. The van der Waals surface area contributed by atoms with Crippen LogP contribution in [0.1, 0.15) is 23.6 Å². The van der Waals surface area contributed by atoms with E-state index in [1.165, 1.54) is 11.9 Å². The van der Waals surface area contributed by atoms with Crippen LogP contribution in [0.25, 0.3) is 44.8 Å². The van der Waals surface area contributed by atoms with Gasteiger partial charge in [-0.2, -0.15) is 5.10 Å². The fourth-order valence-electron chi connectivity index (χ4n) is 5.16. The molecular weight excluding hydrogens is 454 g/mol. The zero-order valence-corrected chi connectivity index (χ0v) is 20.7. The average molecular weight is 484 g/mol. The average Bonchev–Trinajstić information content (AvgIpc) is 3.60. The van der Waals surface area contributed by atoms with Crippen LogP contribution in [-0.4, -0.2) is 63.0 Å². The van der Waals surface area contributed by atoms with E-state index in [1.807, 2.05) is 41.9 Å². The monoisotopic (exact) mass is 483 g/mol. The van der Waals surface area contributed by atoms with Crippen molar-refractivity contribution in [1.82, 2.24) is 29.6 Å². The van der Waals surface area contributed by atoms with Crippen LogP contribution in [-0.2, 0) is 4.74 Å². The van der Waals surface area contributed by atoms with Crippen molar-refractivity contribution in [2.45, 2.75) is 26.3 Å². The Kier molecular flexibility index (Phi) is 5.66. The number of hydrogen-bond acceptors (Lipinski definition) is 8. The van der Waals surface area contributed by atoms with Gasteiger partial charge < -0.3 is 14.9 Å². The van der Waals surface area contributed by atoms with Gasteiger partial charge >= 0.3 is 0 Å². The highest BCUT2D eigenvalue weighted by molar-refractivity contribution is 5.98. The highest BCUT2D eigenvalue weighted by Crippen LogP contribution is 2.35. The van der Waals surface area contributed by atoms with Gasteiger partial charge in [0.15, 0.2) is 11.2 Å². The summed E-state index contributed by atoms with van der Waals surface area (Å²) in [5.41, 5.74) is 13.7. The summed E-state index contributed by atoms with van der Waals surface area (Å²) in [7, 11) is 1.73. The van der Waals surface area contributed by atoms with Gasteiger partial charge in [0, 0.05) is 37.9 Å². The van der Waals surface area contributed by atoms with Crippen LogP contribution < -0.4 is 5.73 Å². The summed E-state index contributed by atoms with van der Waals surface area (Å²) in [6.07, 6.45) is 2.51. The molecule has 9 heteroatoms. The fraction of sp³-hybridized carbons (Fsp3) is 0.333. The number of nitrogen functional groups attached to an aromatic ring is 1. The standard InChI is InChI=1S/C27H29N7O2/c1-16-12-17(2)24-21(13-16)31-27(36-24)19-6-4-18(5-7-19)23-22-25(28)29-15-30-26(22)34(32-23)20-8-9-33(14-20)10-11-35-3/h4-7,12-13,15,20H,8-11,14H2,1-3H3,(H2,28,29,30). The number of oxazole rings is 1. The number of nitrogens with zero attached hydrogens (tertiary/aromatic N) is 6. The number of nitrogens with two attached hydrogens (primary N) is 1. The quantitative estimate of drug-likeness (QED) is 0.379. The number of fused-ring (bicyclic) bond motifs is 2. The van der Waals surface area contributed by atoms with Gasteiger partial charge in [-0.15, -0.1) is 0 Å². The Labute approximate surface area is 208 Å². The maximum Gasteiger partial charge on any atom is 0.227 e. The lowest BCUT2D eigenvalue weighted by atomic mass is 10.1. The molecule has 0 amide bonds. The Morgan fingerprint density at radius 2 is 1.92 bits per heavy atom. The topological polar surface area (TPSA) is 108 Å². The summed E-state index contributed by atoms with van der Waals surface area (Å²) >= 11 is 0. The third kappa shape index (κ3) is 3.90. The van der Waals surface area contributed by atoms with Crippen LogP contribution in [0.5, 0.6) is 0 Å². The van der Waals surface area contributed by atoms with Gasteiger partial charge in [-0.25, -0.2) is 19.6 Å². The minimum Gasteiger partial charge on any atom is -0.436 e. The molecule has 1 saturated heterocycles. The van der Waals surface area contributed by atoms with E-state index in [1.54, 1.807) is 7.11 Å². The Hall–Kier alpha value is -3.82. The molecule has 0 radical (unpaired) electrons. The summed E-state index contributed by atoms with van der Waals surface area (Å²) in [6, 6.07) is 12.4. The number of methoxy groups -OCH3 is 1. The van der Waals surface area contributed by atoms with Crippen molar-refractivity contribution in [3.05, 3.63) is 53.9 Å². The molecule has 1 aliphatic heterocycles. The molecule has 2 N–H and O–H groups in total. The number of anilines is 1. The lowest BCUT2D eigenvalue weighted by molar-refractivity contribution is 0.159. The van der Waals surface area contributed by atoms with Crippen LogP contribution in [0.2, 0.25) is 0 Å². The molecule has 5 aromatic rings. The number of benzene rings is 2. The molecule has 1 atom stereocenters. The predicted octanol–water partition coefficient (Wildman–Crippen LogP) is 4.39. The first kappa shape index (κ1) is 22.6. The molecule has 0 saturated carbocycles. The zero-order chi connectivity index (χ0) is 24.8. The molecule has 3 aromatic heterocycles. The number of aryl methyl sites for hydroxylation is 2. The first-order valence-corrected chi connectivity index (χ1v) is 12.2. The Bertz CT molecular complexity index is 1550. The Morgan fingerprint density at radius 3 is 2.72 bits per heavy atom. The van der Waals surface area contributed by atoms with Crippen molar-refractivity contribution in [2.75, 3.05) is 39.1 Å². The van der Waals surface area contributed by atoms with Gasteiger partial charge in [0.05, 0.1) is 18.0 Å². The van der Waals surface area contributed by atoms with E-state index in [2.05, 4.69) is 27.9 Å². The smallest absolute Gasteiger partial charge is 0.227 e. The van der Waals surface area contributed by atoms with E-state index in [0.29, 0.717) is 11.7 Å². The third-order valence-electron chi connectivity index (χ3n) is 6.95. The van der Waals surface area contributed by atoms with Crippen molar-refractivity contribution in [3.8, 4) is 22.7 Å². The molecule has 4 heterocycles. The zero-order valence-electron chi connectivity index (χ0n) is 20.7. The lowest BCUT2D eigenvalue weighted by Gasteiger charge is -2.15. The molecule has 36 heavy (non-hydrogen) atoms. The Morgan fingerprint density at radius 1 is 1.11 bits per heavy atom. The summed E-state index contributed by atoms with van der Waals surface area (Å²) in [5, 5.41) is 5.80. The summed E-state index contributed by atoms with van der Waals surface area (Å²) in [4.78, 5) is 15.9. The van der Waals surface area contributed by atoms with E-state index in [9.17, 15) is 0 Å². The fourth-order valence-corrected chi connectivity index (χ4v) is 5.16. The second-order valence-corrected chi connectivity index (χ2v) is 9.51. The molecule has 6 rings (SSSR count). The van der Waals surface area contributed by atoms with Crippen LogP contribution >= 0.6 is 0 Å². The molecule has 9 nitrogen and oxygen atoms in total. The molecule has 0 aliphatic carbocycles. The van der Waals surface area contributed by atoms with Crippen molar-refractivity contribution >= 4 is 28.0 Å². The summed E-state index contributed by atoms with van der Waals surface area (Å²) < 4.78 is 13.4. The molecule has 1 fully saturated rings. The minimum atomic E-state index is 0.220. The van der Waals surface area contributed by atoms with Crippen molar-refractivity contribution < 1.29 is 9.15 Å². The third-order valence-corrected chi connectivity index (χ3v) is 6.95. The number of hydrogen-bond donors (Lipinski definition) is 1. The van der Waals surface area contributed by atoms with Gasteiger partial charge in [0.1, 0.15) is 23.4 Å². The summed E-state index contributed by atoms with van der Waals surface area (Å²) in [6.45, 7) is 7.65. The normalized spacial score (nSPS) is 16.5. The van der Waals surface area contributed by atoms with E-state index >= 15 is 0 Å². The van der Waals surface area contributed by atoms with E-state index < -0.39 is 0 Å². The second-order valence-electron chi connectivity index (χ2n) is 9.51. The van der Waals surface area contributed by atoms with Gasteiger partial charge in [-0.1, -0.05) is 18.2 Å². The minimum absolute atomic E-state index is 0.220. The molecule has 1 unspecified atom stereocenters. The Balaban J connectivity index is 1.36. The largest absolute Gasteiger partial charge is 0.436 e. The van der Waals surface area contributed by atoms with E-state index in [4.69, 9.17) is 25.0 Å². The first-order valence-electron chi connectivity index (χ1n) is 12.2. The van der Waals surface area contributed by atoms with Crippen LogP contribution in [0.15, 0.2) is 47.1 Å². The second kappa shape index (κ2) is 9.00. The van der Waals surface area contributed by atoms with Gasteiger partial charge in [0.2, 0.25) is 5.89 Å². The molecule has 2 aromatic carbocycles. The maximum absolute atomic E-state index is 6.33. The SMILES string of the molecule is COCCN1CCC(n2nc(-c3ccc(-c4nc5cc(C)cc(C)c5o4)cc3)c3c(N)ncnc32)C1. The number of aromatic nitrogens is 5. The van der Waals surface area contributed by atoms with Gasteiger partial charge in [-0.05, 0) is 49.6 Å². The highest BCUT2D eigenvalue weighted by Gasteiger charge is 2.28. The first-order chi connectivity index (χ1) is 17.5. The van der Waals surface area contributed by atoms with Crippen LogP contribution in [0, 0.1) is 13.8 Å². The molecule has 0 spiro atoms. The summed E-state index contributed by atoms with van der Waals surface area (Å²) in [5.74, 6) is 1.04. The molecule has 184 valence electrons. The number of rotatable bonds is 6. The van der Waals surface area contributed by atoms with Crippen LogP contribution in [0.4, 0.5) is 5.82 Å². The van der Waals surface area contributed by atoms with E-state index in [0.717, 1.165) is 77.2 Å². The van der Waals surface area contributed by atoms with Gasteiger partial charge in [0.25, 0.3) is 0 Å². The predicted molar refractivity (Wildman–Crippen MR) is 140 cm³/mol. The molecule has 1 aliphatic rings. The van der Waals surface area contributed by atoms with Crippen molar-refractivity contribution in [3.63, 3.8) is 0 Å². The maximum atomic E-state index is 6.33. The lowest BCUT2D eigenvalue weighted by Crippen LogP contribution is -2.25. The van der Waals surface area contributed by atoms with Crippen molar-refractivity contribution in [1.29, 1.82) is 0 Å². The molecule has 0 bridgehead atoms. The van der Waals surface area contributed by atoms with E-state index in [-0.39, 0.29) is 6.04 Å². The van der Waals surface area contributed by atoms with Gasteiger partial charge in [-0.3, -0.25) is 4.90 Å². The molecular formula is C27H29N7O2. The van der Waals surface area contributed by atoms with Crippen molar-refractivity contribution in [2.24, 2.45) is 0 Å². The van der Waals surface area contributed by atoms with Crippen LogP contribution in [0.3, 0.4) is 0 Å².